The molecule has 1 N–H and O–H groups in total. The van der Waals surface area contributed by atoms with Gasteiger partial charge in [0.25, 0.3) is 0 Å². The second kappa shape index (κ2) is 7.40. The highest BCUT2D eigenvalue weighted by Crippen LogP contribution is 2.26. The van der Waals surface area contributed by atoms with Crippen LogP contribution in [0.15, 0.2) is 30.6 Å². The van der Waals surface area contributed by atoms with Crippen molar-refractivity contribution in [1.82, 2.24) is 15.0 Å². The maximum atomic E-state index is 4.68. The van der Waals surface area contributed by atoms with Crippen LogP contribution in [-0.4, -0.2) is 27.5 Å². The molecule has 5 nitrogen and oxygen atoms in total. The molecule has 0 spiro atoms. The third kappa shape index (κ3) is 3.97. The molecule has 0 aromatic carbocycles. The SMILES string of the molecule is CCC1CCCCN1c1cc(NCc2ccncc2)nc(C)n1. The molecule has 3 heterocycles. The molecule has 5 heteroatoms. The third-order valence-electron chi connectivity index (χ3n) is 4.44. The molecule has 0 amide bonds. The van der Waals surface area contributed by atoms with E-state index in [1.165, 1.54) is 31.2 Å². The first-order valence-corrected chi connectivity index (χ1v) is 8.51. The summed E-state index contributed by atoms with van der Waals surface area (Å²) in [5.74, 6) is 2.77. The summed E-state index contributed by atoms with van der Waals surface area (Å²) in [7, 11) is 0. The highest BCUT2D eigenvalue weighted by Gasteiger charge is 2.22. The average molecular weight is 311 g/mol. The van der Waals surface area contributed by atoms with Crippen LogP contribution >= 0.6 is 0 Å². The Morgan fingerprint density at radius 3 is 2.83 bits per heavy atom. The van der Waals surface area contributed by atoms with Crippen molar-refractivity contribution in [2.24, 2.45) is 0 Å². The average Bonchev–Trinajstić information content (AvgIpc) is 2.60. The Kier molecular flexibility index (Phi) is 5.05. The Hall–Kier alpha value is -2.17. The van der Waals surface area contributed by atoms with Gasteiger partial charge in [0.05, 0.1) is 0 Å². The minimum atomic E-state index is 0.603. The van der Waals surface area contributed by atoms with Gasteiger partial charge in [-0.3, -0.25) is 4.98 Å². The molecule has 2 aromatic heterocycles. The summed E-state index contributed by atoms with van der Waals surface area (Å²) in [5.41, 5.74) is 1.20. The second-order valence-electron chi connectivity index (χ2n) is 6.12. The fourth-order valence-corrected chi connectivity index (χ4v) is 3.21. The van der Waals surface area contributed by atoms with Crippen molar-refractivity contribution in [3.05, 3.63) is 42.0 Å². The zero-order valence-electron chi connectivity index (χ0n) is 14.0. The topological polar surface area (TPSA) is 53.9 Å². The van der Waals surface area contributed by atoms with Gasteiger partial charge in [-0.25, -0.2) is 9.97 Å². The van der Waals surface area contributed by atoms with Crippen molar-refractivity contribution >= 4 is 11.6 Å². The monoisotopic (exact) mass is 311 g/mol. The summed E-state index contributed by atoms with van der Waals surface area (Å²) in [5, 5.41) is 3.41. The van der Waals surface area contributed by atoms with Crippen LogP contribution in [0.3, 0.4) is 0 Å². The maximum absolute atomic E-state index is 4.68. The van der Waals surface area contributed by atoms with Crippen molar-refractivity contribution in [3.8, 4) is 0 Å². The summed E-state index contributed by atoms with van der Waals surface area (Å²) < 4.78 is 0. The molecule has 1 aliphatic heterocycles. The van der Waals surface area contributed by atoms with E-state index in [0.717, 1.165) is 30.5 Å². The van der Waals surface area contributed by atoms with Crippen LogP contribution in [0.2, 0.25) is 0 Å². The zero-order valence-corrected chi connectivity index (χ0v) is 14.0. The number of anilines is 2. The van der Waals surface area contributed by atoms with Crippen LogP contribution in [0.5, 0.6) is 0 Å². The van der Waals surface area contributed by atoms with Gasteiger partial charge >= 0.3 is 0 Å². The largest absolute Gasteiger partial charge is 0.366 e. The summed E-state index contributed by atoms with van der Waals surface area (Å²) in [4.78, 5) is 15.7. The van der Waals surface area contributed by atoms with Crippen molar-refractivity contribution in [3.63, 3.8) is 0 Å². The van der Waals surface area contributed by atoms with E-state index in [0.29, 0.717) is 6.04 Å². The molecule has 0 saturated carbocycles. The van der Waals surface area contributed by atoms with Crippen LogP contribution in [-0.2, 0) is 6.54 Å². The molecule has 1 atom stereocenters. The van der Waals surface area contributed by atoms with E-state index < -0.39 is 0 Å². The molecule has 122 valence electrons. The molecule has 1 aliphatic rings. The summed E-state index contributed by atoms with van der Waals surface area (Å²) in [6.45, 7) is 6.07. The molecular formula is C18H25N5. The Morgan fingerprint density at radius 1 is 1.22 bits per heavy atom. The lowest BCUT2D eigenvalue weighted by Crippen LogP contribution is -2.39. The fourth-order valence-electron chi connectivity index (χ4n) is 3.21. The van der Waals surface area contributed by atoms with Crippen LogP contribution < -0.4 is 10.2 Å². The van der Waals surface area contributed by atoms with E-state index in [1.807, 2.05) is 31.5 Å². The van der Waals surface area contributed by atoms with Gasteiger partial charge in [0, 0.05) is 37.6 Å². The molecule has 1 fully saturated rings. The summed E-state index contributed by atoms with van der Waals surface area (Å²) in [6, 6.07) is 6.72. The first kappa shape index (κ1) is 15.7. The normalized spacial score (nSPS) is 18.0. The number of hydrogen-bond donors (Lipinski definition) is 1. The maximum Gasteiger partial charge on any atom is 0.134 e. The van der Waals surface area contributed by atoms with E-state index in [-0.39, 0.29) is 0 Å². The van der Waals surface area contributed by atoms with Crippen LogP contribution in [0.4, 0.5) is 11.6 Å². The quantitative estimate of drug-likeness (QED) is 0.915. The minimum Gasteiger partial charge on any atom is -0.366 e. The van der Waals surface area contributed by atoms with Crippen LogP contribution in [0, 0.1) is 6.92 Å². The summed E-state index contributed by atoms with van der Waals surface area (Å²) >= 11 is 0. The predicted octanol–water partition coefficient (Wildman–Crippen LogP) is 3.56. The number of aromatic nitrogens is 3. The number of hydrogen-bond acceptors (Lipinski definition) is 5. The predicted molar refractivity (Wildman–Crippen MR) is 93.6 cm³/mol. The van der Waals surface area contributed by atoms with Crippen molar-refractivity contribution in [1.29, 1.82) is 0 Å². The lowest BCUT2D eigenvalue weighted by molar-refractivity contribution is 0.446. The van der Waals surface area contributed by atoms with Gasteiger partial charge in [-0.2, -0.15) is 0 Å². The number of nitrogens with one attached hydrogen (secondary N) is 1. The first-order chi connectivity index (χ1) is 11.3. The zero-order chi connectivity index (χ0) is 16.1. The van der Waals surface area contributed by atoms with Gasteiger partial charge in [0.2, 0.25) is 0 Å². The first-order valence-electron chi connectivity index (χ1n) is 8.51. The molecule has 1 saturated heterocycles. The van der Waals surface area contributed by atoms with E-state index in [2.05, 4.69) is 38.2 Å². The Bertz CT molecular complexity index is 629. The lowest BCUT2D eigenvalue weighted by Gasteiger charge is -2.36. The number of nitrogens with zero attached hydrogens (tertiary/aromatic N) is 4. The minimum absolute atomic E-state index is 0.603. The Labute approximate surface area is 138 Å². The molecule has 2 aromatic rings. The van der Waals surface area contributed by atoms with Crippen molar-refractivity contribution in [2.45, 2.75) is 52.1 Å². The lowest BCUT2D eigenvalue weighted by atomic mass is 10.00. The van der Waals surface area contributed by atoms with Crippen molar-refractivity contribution < 1.29 is 0 Å². The van der Waals surface area contributed by atoms with E-state index in [1.54, 1.807) is 0 Å². The third-order valence-corrected chi connectivity index (χ3v) is 4.44. The Morgan fingerprint density at radius 2 is 2.04 bits per heavy atom. The van der Waals surface area contributed by atoms with Gasteiger partial charge in [-0.05, 0) is 50.3 Å². The number of pyridine rings is 1. The highest BCUT2D eigenvalue weighted by molar-refractivity contribution is 5.50. The highest BCUT2D eigenvalue weighted by atomic mass is 15.2. The smallest absolute Gasteiger partial charge is 0.134 e. The van der Waals surface area contributed by atoms with Crippen molar-refractivity contribution in [2.75, 3.05) is 16.8 Å². The van der Waals surface area contributed by atoms with Gasteiger partial charge in [-0.15, -0.1) is 0 Å². The van der Waals surface area contributed by atoms with E-state index in [4.69, 9.17) is 0 Å². The molecule has 3 rings (SSSR count). The van der Waals surface area contributed by atoms with E-state index in [9.17, 15) is 0 Å². The van der Waals surface area contributed by atoms with Crippen LogP contribution in [0.1, 0.15) is 44.0 Å². The van der Waals surface area contributed by atoms with Gasteiger partial charge in [0.1, 0.15) is 17.5 Å². The molecule has 23 heavy (non-hydrogen) atoms. The molecule has 0 bridgehead atoms. The molecule has 0 aliphatic carbocycles. The standard InChI is InChI=1S/C18H25N5/c1-3-16-6-4-5-11-23(16)18-12-17(21-14(2)22-18)20-13-15-7-9-19-10-8-15/h7-10,12,16H,3-6,11,13H2,1-2H3,(H,20,21,22). The second-order valence-corrected chi connectivity index (χ2v) is 6.12. The Balaban J connectivity index is 1.76. The van der Waals surface area contributed by atoms with Crippen LogP contribution in [0.25, 0.3) is 0 Å². The summed E-state index contributed by atoms with van der Waals surface area (Å²) in [6.07, 6.45) is 8.63. The molecular weight excluding hydrogens is 286 g/mol. The number of aryl methyl sites for hydroxylation is 1. The van der Waals surface area contributed by atoms with Gasteiger partial charge < -0.3 is 10.2 Å². The number of piperidine rings is 1. The van der Waals surface area contributed by atoms with Gasteiger partial charge in [0.15, 0.2) is 0 Å². The fraction of sp³-hybridized carbons (Fsp3) is 0.500. The number of rotatable bonds is 5. The molecule has 0 radical (unpaired) electrons. The van der Waals surface area contributed by atoms with E-state index >= 15 is 0 Å². The van der Waals surface area contributed by atoms with Gasteiger partial charge in [-0.1, -0.05) is 6.92 Å². The molecule has 1 unspecified atom stereocenters.